The molecule has 1 saturated heterocycles. The summed E-state index contributed by atoms with van der Waals surface area (Å²) in [5, 5.41) is 3.18. The normalized spacial score (nSPS) is 22.2. The summed E-state index contributed by atoms with van der Waals surface area (Å²) >= 11 is 0. The van der Waals surface area contributed by atoms with Crippen molar-refractivity contribution in [3.05, 3.63) is 0 Å². The number of hydrogen-bond acceptors (Lipinski definition) is 2. The largest absolute Gasteiger partial charge is 0.341 e. The predicted molar refractivity (Wildman–Crippen MR) is 51.6 cm³/mol. The third kappa shape index (κ3) is 2.64. The average Bonchev–Trinajstić information content (AvgIpc) is 2.50. The number of hydrogen-bond donors (Lipinski definition) is 1. The first-order valence-electron chi connectivity index (χ1n) is 4.23. The van der Waals surface area contributed by atoms with Crippen LogP contribution in [0, 0.1) is 0 Å². The summed E-state index contributed by atoms with van der Waals surface area (Å²) in [6, 6.07) is 0.519. The van der Waals surface area contributed by atoms with Gasteiger partial charge in [-0.25, -0.2) is 0 Å². The number of carbonyl (C=O) groups is 1. The quantitative estimate of drug-likeness (QED) is 0.697. The van der Waals surface area contributed by atoms with Crippen LogP contribution in [0.1, 0.15) is 19.8 Å². The van der Waals surface area contributed by atoms with E-state index in [1.807, 2.05) is 18.9 Å². The molecule has 1 fully saturated rings. The number of likely N-dealkylation sites (N-methyl/N-ethyl adjacent to an activating group) is 1. The number of amides is 1. The Hall–Kier alpha value is -0.280. The molecule has 1 N–H and O–H groups in total. The molecule has 0 spiro atoms. The van der Waals surface area contributed by atoms with Gasteiger partial charge in [-0.05, 0) is 13.5 Å². The Balaban J connectivity index is 0.00000121. The Bertz CT molecular complexity index is 152. The second-order valence-corrected chi connectivity index (χ2v) is 2.97. The summed E-state index contributed by atoms with van der Waals surface area (Å²) in [5.41, 5.74) is 0. The molecule has 0 aromatic heterocycles. The van der Waals surface area contributed by atoms with Crippen LogP contribution in [0.3, 0.4) is 0 Å². The fraction of sp³-hybridized carbons (Fsp3) is 0.875. The van der Waals surface area contributed by atoms with Crippen molar-refractivity contribution in [2.24, 2.45) is 0 Å². The minimum atomic E-state index is 0. The highest BCUT2D eigenvalue weighted by atomic mass is 35.5. The van der Waals surface area contributed by atoms with Gasteiger partial charge in [-0.15, -0.1) is 12.4 Å². The van der Waals surface area contributed by atoms with Crippen LogP contribution in [-0.2, 0) is 4.79 Å². The van der Waals surface area contributed by atoms with E-state index in [0.29, 0.717) is 12.5 Å². The van der Waals surface area contributed by atoms with Gasteiger partial charge in [0.1, 0.15) is 0 Å². The van der Waals surface area contributed by atoms with Crippen LogP contribution < -0.4 is 5.32 Å². The Morgan fingerprint density at radius 1 is 1.67 bits per heavy atom. The third-order valence-electron chi connectivity index (χ3n) is 2.25. The summed E-state index contributed by atoms with van der Waals surface area (Å²) in [4.78, 5) is 13.1. The number of likely N-dealkylation sites (tertiary alicyclic amines) is 1. The van der Waals surface area contributed by atoms with Crippen molar-refractivity contribution in [2.45, 2.75) is 25.8 Å². The van der Waals surface area contributed by atoms with Gasteiger partial charge in [-0.2, -0.15) is 0 Å². The standard InChI is InChI=1S/C8H16N2O.ClH/c1-3-8(11)10-5-4-7(6-10)9-2;/h7,9H,3-6H2,1-2H3;1H. The van der Waals surface area contributed by atoms with Crippen LogP contribution in [0.25, 0.3) is 0 Å². The maximum atomic E-state index is 11.2. The molecule has 1 atom stereocenters. The molecule has 4 heteroatoms. The van der Waals surface area contributed by atoms with E-state index in [-0.39, 0.29) is 18.3 Å². The minimum Gasteiger partial charge on any atom is -0.341 e. The van der Waals surface area contributed by atoms with E-state index in [1.54, 1.807) is 0 Å². The lowest BCUT2D eigenvalue weighted by Gasteiger charge is -2.14. The maximum Gasteiger partial charge on any atom is 0.222 e. The van der Waals surface area contributed by atoms with Crippen LogP contribution in [0.2, 0.25) is 0 Å². The highest BCUT2D eigenvalue weighted by molar-refractivity contribution is 5.85. The van der Waals surface area contributed by atoms with Crippen molar-refractivity contribution in [3.63, 3.8) is 0 Å². The molecule has 1 aliphatic heterocycles. The smallest absolute Gasteiger partial charge is 0.222 e. The Labute approximate surface area is 79.9 Å². The van der Waals surface area contributed by atoms with Gasteiger partial charge in [0.2, 0.25) is 5.91 Å². The van der Waals surface area contributed by atoms with Gasteiger partial charge in [0, 0.05) is 25.6 Å². The molecule has 0 aromatic rings. The van der Waals surface area contributed by atoms with Crippen molar-refractivity contribution in [1.82, 2.24) is 10.2 Å². The molecular weight excluding hydrogens is 176 g/mol. The minimum absolute atomic E-state index is 0. The first kappa shape index (κ1) is 11.7. The van der Waals surface area contributed by atoms with Crippen molar-refractivity contribution < 1.29 is 4.79 Å². The number of halogens is 1. The number of carbonyl (C=O) groups excluding carboxylic acids is 1. The molecule has 1 aliphatic rings. The van der Waals surface area contributed by atoms with E-state index in [1.165, 1.54) is 0 Å². The van der Waals surface area contributed by atoms with Crippen molar-refractivity contribution in [3.8, 4) is 0 Å². The van der Waals surface area contributed by atoms with Crippen molar-refractivity contribution in [2.75, 3.05) is 20.1 Å². The summed E-state index contributed by atoms with van der Waals surface area (Å²) in [6.45, 7) is 3.73. The molecular formula is C8H17ClN2O. The summed E-state index contributed by atoms with van der Waals surface area (Å²) in [7, 11) is 1.95. The fourth-order valence-electron chi connectivity index (χ4n) is 1.45. The van der Waals surface area contributed by atoms with E-state index < -0.39 is 0 Å². The Morgan fingerprint density at radius 2 is 2.33 bits per heavy atom. The maximum absolute atomic E-state index is 11.2. The fourth-order valence-corrected chi connectivity index (χ4v) is 1.45. The molecule has 1 unspecified atom stereocenters. The average molecular weight is 193 g/mol. The van der Waals surface area contributed by atoms with Crippen molar-refractivity contribution >= 4 is 18.3 Å². The van der Waals surface area contributed by atoms with E-state index in [0.717, 1.165) is 19.5 Å². The lowest BCUT2D eigenvalue weighted by molar-refractivity contribution is -0.129. The molecule has 72 valence electrons. The molecule has 0 aliphatic carbocycles. The number of nitrogens with one attached hydrogen (secondary N) is 1. The lowest BCUT2D eigenvalue weighted by atomic mass is 10.3. The van der Waals surface area contributed by atoms with Crippen LogP contribution >= 0.6 is 12.4 Å². The van der Waals surface area contributed by atoms with Crippen molar-refractivity contribution in [1.29, 1.82) is 0 Å². The van der Waals surface area contributed by atoms with Crippen LogP contribution in [0.5, 0.6) is 0 Å². The number of nitrogens with zero attached hydrogens (tertiary/aromatic N) is 1. The predicted octanol–water partition coefficient (Wildman–Crippen LogP) is 0.638. The molecule has 0 radical (unpaired) electrons. The Morgan fingerprint density at radius 3 is 2.75 bits per heavy atom. The van der Waals surface area contributed by atoms with Gasteiger partial charge in [-0.1, -0.05) is 6.92 Å². The zero-order chi connectivity index (χ0) is 8.27. The van der Waals surface area contributed by atoms with Gasteiger partial charge >= 0.3 is 0 Å². The van der Waals surface area contributed by atoms with Crippen LogP contribution in [0.4, 0.5) is 0 Å². The zero-order valence-corrected chi connectivity index (χ0v) is 8.49. The second-order valence-electron chi connectivity index (χ2n) is 2.97. The molecule has 0 aromatic carbocycles. The second kappa shape index (κ2) is 5.38. The molecule has 1 rings (SSSR count). The Kier molecular flexibility index (Phi) is 5.25. The summed E-state index contributed by atoms with van der Waals surface area (Å²) in [6.07, 6.45) is 1.73. The first-order valence-corrected chi connectivity index (χ1v) is 4.23. The van der Waals surface area contributed by atoms with Gasteiger partial charge in [0.15, 0.2) is 0 Å². The molecule has 0 saturated carbocycles. The van der Waals surface area contributed by atoms with Gasteiger partial charge in [-0.3, -0.25) is 4.79 Å². The summed E-state index contributed by atoms with van der Waals surface area (Å²) < 4.78 is 0. The molecule has 3 nitrogen and oxygen atoms in total. The molecule has 0 bridgehead atoms. The van der Waals surface area contributed by atoms with Gasteiger partial charge in [0.05, 0.1) is 0 Å². The highest BCUT2D eigenvalue weighted by Crippen LogP contribution is 2.09. The SMILES string of the molecule is CCC(=O)N1CCC(NC)C1.Cl. The molecule has 1 heterocycles. The van der Waals surface area contributed by atoms with E-state index >= 15 is 0 Å². The summed E-state index contributed by atoms with van der Waals surface area (Å²) in [5.74, 6) is 0.280. The van der Waals surface area contributed by atoms with Gasteiger partial charge < -0.3 is 10.2 Å². The topological polar surface area (TPSA) is 32.3 Å². The van der Waals surface area contributed by atoms with E-state index in [4.69, 9.17) is 0 Å². The lowest BCUT2D eigenvalue weighted by Crippen LogP contribution is -2.32. The van der Waals surface area contributed by atoms with E-state index in [2.05, 4.69) is 5.32 Å². The molecule has 12 heavy (non-hydrogen) atoms. The highest BCUT2D eigenvalue weighted by Gasteiger charge is 2.23. The van der Waals surface area contributed by atoms with Crippen LogP contribution in [0.15, 0.2) is 0 Å². The van der Waals surface area contributed by atoms with Gasteiger partial charge in [0.25, 0.3) is 0 Å². The first-order chi connectivity index (χ1) is 5.27. The number of rotatable bonds is 2. The molecule has 1 amide bonds. The third-order valence-corrected chi connectivity index (χ3v) is 2.25. The van der Waals surface area contributed by atoms with Crippen LogP contribution in [-0.4, -0.2) is 37.0 Å². The monoisotopic (exact) mass is 192 g/mol. The zero-order valence-electron chi connectivity index (χ0n) is 7.67. The van der Waals surface area contributed by atoms with E-state index in [9.17, 15) is 4.79 Å².